The van der Waals surface area contributed by atoms with Crippen LogP contribution in [0.15, 0.2) is 24.3 Å². The summed E-state index contributed by atoms with van der Waals surface area (Å²) in [6, 6.07) is 7.31. The van der Waals surface area contributed by atoms with Crippen LogP contribution >= 0.6 is 11.6 Å². The van der Waals surface area contributed by atoms with E-state index in [0.29, 0.717) is 18.0 Å². The maximum Gasteiger partial charge on any atom is 0.224 e. The molecule has 1 unspecified atom stereocenters. The Labute approximate surface area is 117 Å². The number of halogens is 1. The summed E-state index contributed by atoms with van der Waals surface area (Å²) in [5.74, 6) is 0.0483. The number of carbonyl (C=O) groups is 2. The molecule has 2 rings (SSSR count). The van der Waals surface area contributed by atoms with E-state index in [9.17, 15) is 9.59 Å². The Balaban J connectivity index is 1.82. The maximum absolute atomic E-state index is 11.9. The van der Waals surface area contributed by atoms with Gasteiger partial charge in [-0.05, 0) is 24.1 Å². The SMILES string of the molecule is CC(=O)N1CCC(NC(=O)Cc2ccc(Cl)cc2)C1. The molecule has 4 nitrogen and oxygen atoms in total. The molecule has 19 heavy (non-hydrogen) atoms. The second kappa shape index (κ2) is 6.06. The minimum atomic E-state index is -0.0160. The summed E-state index contributed by atoms with van der Waals surface area (Å²) in [6.07, 6.45) is 1.17. The quantitative estimate of drug-likeness (QED) is 0.915. The molecule has 0 spiro atoms. The summed E-state index contributed by atoms with van der Waals surface area (Å²) < 4.78 is 0. The summed E-state index contributed by atoms with van der Waals surface area (Å²) in [4.78, 5) is 24.8. The number of benzene rings is 1. The predicted molar refractivity (Wildman–Crippen MR) is 74.0 cm³/mol. The molecule has 0 saturated carbocycles. The van der Waals surface area contributed by atoms with Crippen LogP contribution in [0.5, 0.6) is 0 Å². The molecular weight excluding hydrogens is 264 g/mol. The third kappa shape index (κ3) is 3.96. The van der Waals surface area contributed by atoms with Gasteiger partial charge in [0.05, 0.1) is 6.42 Å². The van der Waals surface area contributed by atoms with Crippen molar-refractivity contribution < 1.29 is 9.59 Å². The van der Waals surface area contributed by atoms with Crippen molar-refractivity contribution in [1.29, 1.82) is 0 Å². The van der Waals surface area contributed by atoms with Gasteiger partial charge in [-0.1, -0.05) is 23.7 Å². The Morgan fingerprint density at radius 1 is 1.37 bits per heavy atom. The smallest absolute Gasteiger partial charge is 0.224 e. The van der Waals surface area contributed by atoms with Gasteiger partial charge in [-0.25, -0.2) is 0 Å². The van der Waals surface area contributed by atoms with Crippen molar-refractivity contribution in [3.8, 4) is 0 Å². The number of likely N-dealkylation sites (tertiary alicyclic amines) is 1. The number of nitrogens with zero attached hydrogens (tertiary/aromatic N) is 1. The highest BCUT2D eigenvalue weighted by atomic mass is 35.5. The third-order valence-electron chi connectivity index (χ3n) is 3.28. The Hall–Kier alpha value is -1.55. The largest absolute Gasteiger partial charge is 0.351 e. The Bertz CT molecular complexity index is 473. The molecule has 5 heteroatoms. The van der Waals surface area contributed by atoms with E-state index in [0.717, 1.165) is 18.5 Å². The van der Waals surface area contributed by atoms with Gasteiger partial charge in [0.1, 0.15) is 0 Å². The molecule has 1 fully saturated rings. The van der Waals surface area contributed by atoms with E-state index in [2.05, 4.69) is 5.32 Å². The molecule has 1 aromatic rings. The van der Waals surface area contributed by atoms with Gasteiger partial charge < -0.3 is 10.2 Å². The zero-order valence-corrected chi connectivity index (χ0v) is 11.6. The van der Waals surface area contributed by atoms with Crippen molar-refractivity contribution in [2.24, 2.45) is 0 Å². The predicted octanol–water partition coefficient (Wildman–Crippen LogP) is 1.62. The summed E-state index contributed by atoms with van der Waals surface area (Å²) in [5.41, 5.74) is 0.934. The molecule has 1 aliphatic heterocycles. The summed E-state index contributed by atoms with van der Waals surface area (Å²) in [5, 5.41) is 3.62. The average molecular weight is 281 g/mol. The van der Waals surface area contributed by atoms with Crippen LogP contribution in [-0.2, 0) is 16.0 Å². The molecule has 0 radical (unpaired) electrons. The highest BCUT2D eigenvalue weighted by Gasteiger charge is 2.25. The van der Waals surface area contributed by atoms with E-state index in [1.807, 2.05) is 12.1 Å². The minimum Gasteiger partial charge on any atom is -0.351 e. The molecule has 0 aromatic heterocycles. The molecule has 1 saturated heterocycles. The van der Waals surface area contributed by atoms with Gasteiger partial charge in [-0.2, -0.15) is 0 Å². The number of hydrogen-bond acceptors (Lipinski definition) is 2. The number of nitrogens with one attached hydrogen (secondary N) is 1. The summed E-state index contributed by atoms with van der Waals surface area (Å²) >= 11 is 5.79. The topological polar surface area (TPSA) is 49.4 Å². The molecule has 1 aromatic carbocycles. The molecule has 2 amide bonds. The first kappa shape index (κ1) is 13.9. The van der Waals surface area contributed by atoms with Crippen molar-refractivity contribution in [3.05, 3.63) is 34.9 Å². The molecule has 1 atom stereocenters. The second-order valence-electron chi connectivity index (χ2n) is 4.82. The fraction of sp³-hybridized carbons (Fsp3) is 0.429. The lowest BCUT2D eigenvalue weighted by atomic mass is 10.1. The Kier molecular flexibility index (Phi) is 4.43. The van der Waals surface area contributed by atoms with Crippen molar-refractivity contribution in [2.75, 3.05) is 13.1 Å². The van der Waals surface area contributed by atoms with Gasteiger partial charge in [-0.3, -0.25) is 9.59 Å². The van der Waals surface area contributed by atoms with Crippen LogP contribution in [0.2, 0.25) is 5.02 Å². The first-order valence-electron chi connectivity index (χ1n) is 6.34. The molecule has 0 aliphatic carbocycles. The molecule has 102 valence electrons. The van der Waals surface area contributed by atoms with Gasteiger partial charge in [0.2, 0.25) is 11.8 Å². The van der Waals surface area contributed by atoms with E-state index >= 15 is 0 Å². The van der Waals surface area contributed by atoms with Gasteiger partial charge in [-0.15, -0.1) is 0 Å². The standard InChI is InChI=1S/C14H17ClN2O2/c1-10(18)17-7-6-13(9-17)16-14(19)8-11-2-4-12(15)5-3-11/h2-5,13H,6-9H2,1H3,(H,16,19). The zero-order chi connectivity index (χ0) is 13.8. The highest BCUT2D eigenvalue weighted by Crippen LogP contribution is 2.11. The average Bonchev–Trinajstić information content (AvgIpc) is 2.80. The van der Waals surface area contributed by atoms with Crippen LogP contribution in [-0.4, -0.2) is 35.8 Å². The van der Waals surface area contributed by atoms with E-state index < -0.39 is 0 Å². The maximum atomic E-state index is 11.9. The van der Waals surface area contributed by atoms with Gasteiger partial charge in [0.15, 0.2) is 0 Å². The molecule has 1 heterocycles. The second-order valence-corrected chi connectivity index (χ2v) is 5.26. The van der Waals surface area contributed by atoms with Crippen molar-refractivity contribution in [1.82, 2.24) is 10.2 Å². The normalized spacial score (nSPS) is 18.4. The highest BCUT2D eigenvalue weighted by molar-refractivity contribution is 6.30. The monoisotopic (exact) mass is 280 g/mol. The third-order valence-corrected chi connectivity index (χ3v) is 3.53. The van der Waals surface area contributed by atoms with Crippen molar-refractivity contribution in [2.45, 2.75) is 25.8 Å². The number of hydrogen-bond donors (Lipinski definition) is 1. The van der Waals surface area contributed by atoms with Gasteiger partial charge in [0.25, 0.3) is 0 Å². The fourth-order valence-corrected chi connectivity index (χ4v) is 2.36. The molecule has 1 N–H and O–H groups in total. The van der Waals surface area contributed by atoms with Gasteiger partial charge >= 0.3 is 0 Å². The van der Waals surface area contributed by atoms with Crippen LogP contribution < -0.4 is 5.32 Å². The first-order chi connectivity index (χ1) is 9.04. The summed E-state index contributed by atoms with van der Waals surface area (Å²) in [6.45, 7) is 2.89. The number of rotatable bonds is 3. The molecule has 1 aliphatic rings. The first-order valence-corrected chi connectivity index (χ1v) is 6.71. The lowest BCUT2D eigenvalue weighted by Crippen LogP contribution is -2.38. The van der Waals surface area contributed by atoms with Crippen LogP contribution in [0, 0.1) is 0 Å². The van der Waals surface area contributed by atoms with Crippen molar-refractivity contribution in [3.63, 3.8) is 0 Å². The summed E-state index contributed by atoms with van der Waals surface area (Å²) in [7, 11) is 0. The van der Waals surface area contributed by atoms with Crippen LogP contribution in [0.25, 0.3) is 0 Å². The van der Waals surface area contributed by atoms with Crippen LogP contribution in [0.3, 0.4) is 0 Å². The Morgan fingerprint density at radius 2 is 2.05 bits per heavy atom. The van der Waals surface area contributed by atoms with E-state index in [-0.39, 0.29) is 17.9 Å². The molecular formula is C14H17ClN2O2. The Morgan fingerprint density at radius 3 is 2.63 bits per heavy atom. The lowest BCUT2D eigenvalue weighted by molar-refractivity contribution is -0.128. The van der Waals surface area contributed by atoms with E-state index in [4.69, 9.17) is 11.6 Å². The molecule has 0 bridgehead atoms. The van der Waals surface area contributed by atoms with Gasteiger partial charge in [0, 0.05) is 31.1 Å². The number of carbonyl (C=O) groups excluding carboxylic acids is 2. The van der Waals surface area contributed by atoms with E-state index in [1.165, 1.54) is 0 Å². The zero-order valence-electron chi connectivity index (χ0n) is 10.9. The van der Waals surface area contributed by atoms with Crippen molar-refractivity contribution >= 4 is 23.4 Å². The minimum absolute atomic E-state index is 0.0160. The van der Waals surface area contributed by atoms with E-state index in [1.54, 1.807) is 24.0 Å². The fourth-order valence-electron chi connectivity index (χ4n) is 2.23. The lowest BCUT2D eigenvalue weighted by Gasteiger charge is -2.15. The number of amides is 2. The van der Waals surface area contributed by atoms with Crippen LogP contribution in [0.4, 0.5) is 0 Å². The van der Waals surface area contributed by atoms with Crippen LogP contribution in [0.1, 0.15) is 18.9 Å².